The van der Waals surface area contributed by atoms with Gasteiger partial charge in [-0.15, -0.1) is 0 Å². The lowest BCUT2D eigenvalue weighted by molar-refractivity contribution is -0.150. The quantitative estimate of drug-likeness (QED) is 0.418. The van der Waals surface area contributed by atoms with Gasteiger partial charge in [0.2, 0.25) is 5.91 Å². The number of nitrogens with zero attached hydrogens (tertiary/aromatic N) is 1. The number of ether oxygens (including phenoxy) is 2. The monoisotopic (exact) mass is 539 g/mol. The molecule has 2 atom stereocenters. The Labute approximate surface area is 230 Å². The number of carbonyl (C=O) groups excluding carboxylic acids is 2. The Bertz CT molecular complexity index is 1130. The maximum atomic E-state index is 13.5. The third-order valence-electron chi connectivity index (χ3n) is 9.18. The van der Waals surface area contributed by atoms with Crippen molar-refractivity contribution in [3.05, 3.63) is 23.3 Å². The summed E-state index contributed by atoms with van der Waals surface area (Å²) in [4.78, 5) is 38.2. The van der Waals surface area contributed by atoms with Gasteiger partial charge in [-0.1, -0.05) is 26.2 Å². The SMILES string of the molecule is COc1cc(C#N)c(OC2CCC(C)(C(=O)O)CC2)cc1C(=O)NC1CCCCC1C(=O)NCC1(C)CCC1. The highest BCUT2D eigenvalue weighted by molar-refractivity contribution is 5.98. The summed E-state index contributed by atoms with van der Waals surface area (Å²) in [6, 6.07) is 4.86. The van der Waals surface area contributed by atoms with E-state index >= 15 is 0 Å². The van der Waals surface area contributed by atoms with E-state index < -0.39 is 11.4 Å². The Kier molecular flexibility index (Phi) is 8.73. The van der Waals surface area contributed by atoms with Crippen LogP contribution in [-0.4, -0.2) is 48.7 Å². The van der Waals surface area contributed by atoms with Gasteiger partial charge in [-0.3, -0.25) is 14.4 Å². The van der Waals surface area contributed by atoms with Crippen molar-refractivity contribution in [2.45, 2.75) is 96.6 Å². The van der Waals surface area contributed by atoms with Crippen molar-refractivity contribution in [1.29, 1.82) is 5.26 Å². The van der Waals surface area contributed by atoms with Gasteiger partial charge in [-0.2, -0.15) is 5.26 Å². The average molecular weight is 540 g/mol. The van der Waals surface area contributed by atoms with Gasteiger partial charge in [-0.05, 0) is 69.8 Å². The first-order valence-electron chi connectivity index (χ1n) is 14.2. The minimum Gasteiger partial charge on any atom is -0.496 e. The van der Waals surface area contributed by atoms with Crippen molar-refractivity contribution >= 4 is 17.8 Å². The second kappa shape index (κ2) is 11.8. The van der Waals surface area contributed by atoms with E-state index in [2.05, 4.69) is 23.6 Å². The molecule has 1 aromatic carbocycles. The van der Waals surface area contributed by atoms with Crippen molar-refractivity contribution < 1.29 is 29.0 Å². The fourth-order valence-corrected chi connectivity index (χ4v) is 6.08. The van der Waals surface area contributed by atoms with Gasteiger partial charge >= 0.3 is 5.97 Å². The van der Waals surface area contributed by atoms with Crippen LogP contribution in [-0.2, 0) is 9.59 Å². The summed E-state index contributed by atoms with van der Waals surface area (Å²) < 4.78 is 11.6. The summed E-state index contributed by atoms with van der Waals surface area (Å²) in [6.45, 7) is 4.61. The number of nitriles is 1. The molecule has 0 saturated heterocycles. The molecule has 0 spiro atoms. The number of hydrogen-bond acceptors (Lipinski definition) is 6. The lowest BCUT2D eigenvalue weighted by Gasteiger charge is -2.39. The molecule has 2 unspecified atom stereocenters. The van der Waals surface area contributed by atoms with Gasteiger partial charge in [0.05, 0.1) is 35.7 Å². The number of benzene rings is 1. The number of hydrogen-bond donors (Lipinski definition) is 3. The van der Waals surface area contributed by atoms with Crippen LogP contribution in [0.1, 0.15) is 100 Å². The van der Waals surface area contributed by atoms with Crippen molar-refractivity contribution in [2.75, 3.05) is 13.7 Å². The van der Waals surface area contributed by atoms with Gasteiger partial charge in [0.25, 0.3) is 5.91 Å². The second-order valence-corrected chi connectivity index (χ2v) is 12.2. The second-order valence-electron chi connectivity index (χ2n) is 12.2. The van der Waals surface area contributed by atoms with Gasteiger partial charge in [0.1, 0.15) is 17.6 Å². The van der Waals surface area contributed by atoms with Gasteiger partial charge < -0.3 is 25.2 Å². The van der Waals surface area contributed by atoms with Crippen LogP contribution >= 0.6 is 0 Å². The molecule has 212 valence electrons. The predicted octanol–water partition coefficient (Wildman–Crippen LogP) is 4.57. The molecule has 9 nitrogen and oxygen atoms in total. The molecule has 9 heteroatoms. The molecule has 0 aliphatic heterocycles. The van der Waals surface area contributed by atoms with Crippen molar-refractivity contribution in [3.63, 3.8) is 0 Å². The number of amides is 2. The Morgan fingerprint density at radius 3 is 2.31 bits per heavy atom. The predicted molar refractivity (Wildman–Crippen MR) is 145 cm³/mol. The summed E-state index contributed by atoms with van der Waals surface area (Å²) in [5.41, 5.74) is -0.111. The lowest BCUT2D eigenvalue weighted by atomic mass is 9.70. The maximum Gasteiger partial charge on any atom is 0.309 e. The van der Waals surface area contributed by atoms with Gasteiger partial charge in [-0.25, -0.2) is 0 Å². The number of aliphatic carboxylic acids is 1. The molecule has 0 radical (unpaired) electrons. The first-order chi connectivity index (χ1) is 18.6. The van der Waals surface area contributed by atoms with Gasteiger partial charge in [0.15, 0.2) is 0 Å². The van der Waals surface area contributed by atoms with E-state index in [0.29, 0.717) is 38.6 Å². The summed E-state index contributed by atoms with van der Waals surface area (Å²) >= 11 is 0. The molecule has 3 aliphatic rings. The number of carboxylic acids is 1. The van der Waals surface area contributed by atoms with Crippen molar-refractivity contribution in [1.82, 2.24) is 10.6 Å². The molecule has 0 aromatic heterocycles. The van der Waals surface area contributed by atoms with Crippen LogP contribution < -0.4 is 20.1 Å². The molecule has 2 amide bonds. The Morgan fingerprint density at radius 1 is 1.03 bits per heavy atom. The van der Waals surface area contributed by atoms with E-state index in [1.807, 2.05) is 0 Å². The third kappa shape index (κ3) is 6.48. The minimum absolute atomic E-state index is 0.00500. The van der Waals surface area contributed by atoms with Crippen LogP contribution in [0.3, 0.4) is 0 Å². The summed E-state index contributed by atoms with van der Waals surface area (Å²) in [5.74, 6) is -0.952. The maximum absolute atomic E-state index is 13.5. The number of nitrogens with one attached hydrogen (secondary N) is 2. The number of rotatable bonds is 9. The summed E-state index contributed by atoms with van der Waals surface area (Å²) in [7, 11) is 1.44. The Balaban J connectivity index is 1.47. The Hall–Kier alpha value is -3.28. The number of carbonyl (C=O) groups is 3. The van der Waals surface area contributed by atoms with Crippen LogP contribution in [0.25, 0.3) is 0 Å². The molecular formula is C30H41N3O6. The van der Waals surface area contributed by atoms with E-state index in [4.69, 9.17) is 9.47 Å². The minimum atomic E-state index is -0.811. The highest BCUT2D eigenvalue weighted by Gasteiger charge is 2.39. The topological polar surface area (TPSA) is 138 Å². The standard InChI is InChI=1S/C30H41N3O6/c1-29(11-6-12-29)18-32-26(34)21-7-4-5-8-23(21)33-27(35)22-16-24(19(17-31)15-25(22)38-3)39-20-9-13-30(2,14-10-20)28(36)37/h15-16,20-21,23H,4-14,18H2,1-3H3,(H,32,34)(H,33,35)(H,36,37). The van der Waals surface area contributed by atoms with E-state index in [9.17, 15) is 24.8 Å². The molecule has 3 N–H and O–H groups in total. The van der Waals surface area contributed by atoms with E-state index in [1.54, 1.807) is 6.92 Å². The molecule has 39 heavy (non-hydrogen) atoms. The number of methoxy groups -OCH3 is 1. The van der Waals surface area contributed by atoms with Gasteiger partial charge in [0, 0.05) is 18.7 Å². The van der Waals surface area contributed by atoms with E-state index in [-0.39, 0.29) is 57.9 Å². The lowest BCUT2D eigenvalue weighted by Crippen LogP contribution is -2.50. The molecule has 3 saturated carbocycles. The average Bonchev–Trinajstić information content (AvgIpc) is 2.91. The van der Waals surface area contributed by atoms with Crippen LogP contribution in [0.2, 0.25) is 0 Å². The van der Waals surface area contributed by atoms with Crippen LogP contribution in [0.4, 0.5) is 0 Å². The van der Waals surface area contributed by atoms with Crippen LogP contribution in [0.15, 0.2) is 12.1 Å². The number of carboxylic acid groups (broad SMARTS) is 1. The van der Waals surface area contributed by atoms with E-state index in [0.717, 1.165) is 32.1 Å². The molecule has 1 aromatic rings. The van der Waals surface area contributed by atoms with Crippen LogP contribution in [0, 0.1) is 28.1 Å². The molecule has 3 aliphatic carbocycles. The molecule has 4 rings (SSSR count). The van der Waals surface area contributed by atoms with Crippen molar-refractivity contribution in [2.24, 2.45) is 16.7 Å². The smallest absolute Gasteiger partial charge is 0.309 e. The molecule has 0 heterocycles. The highest BCUT2D eigenvalue weighted by Crippen LogP contribution is 2.40. The highest BCUT2D eigenvalue weighted by atomic mass is 16.5. The summed E-state index contributed by atoms with van der Waals surface area (Å²) in [6.07, 6.45) is 8.55. The first-order valence-corrected chi connectivity index (χ1v) is 14.2. The molecular weight excluding hydrogens is 498 g/mol. The zero-order valence-corrected chi connectivity index (χ0v) is 23.3. The summed E-state index contributed by atoms with van der Waals surface area (Å²) in [5, 5.41) is 25.5. The molecule has 0 bridgehead atoms. The zero-order chi connectivity index (χ0) is 28.2. The fraction of sp³-hybridized carbons (Fsp3) is 0.667. The fourth-order valence-electron chi connectivity index (χ4n) is 6.08. The zero-order valence-electron chi connectivity index (χ0n) is 23.3. The molecule has 3 fully saturated rings. The normalized spacial score (nSPS) is 27.8. The Morgan fingerprint density at radius 2 is 1.72 bits per heavy atom. The van der Waals surface area contributed by atoms with Crippen LogP contribution in [0.5, 0.6) is 11.5 Å². The third-order valence-corrected chi connectivity index (χ3v) is 9.18. The largest absolute Gasteiger partial charge is 0.496 e. The first kappa shape index (κ1) is 28.7. The van der Waals surface area contributed by atoms with E-state index in [1.165, 1.54) is 25.7 Å². The van der Waals surface area contributed by atoms with Crippen molar-refractivity contribution in [3.8, 4) is 17.6 Å².